The number of aliphatic imine (C=N–C) groups is 1. The molecule has 0 saturated heterocycles. The van der Waals surface area contributed by atoms with Gasteiger partial charge in [-0.05, 0) is 24.6 Å². The number of anilines is 1. The number of nitrogens with zero attached hydrogens (tertiary/aromatic N) is 1. The quantitative estimate of drug-likeness (QED) is 0.526. The summed E-state index contributed by atoms with van der Waals surface area (Å²) in [6.45, 7) is 2.35. The lowest BCUT2D eigenvalue weighted by Crippen LogP contribution is -2.28. The third kappa shape index (κ3) is 6.39. The molecule has 0 aromatic heterocycles. The zero-order chi connectivity index (χ0) is 17.4. The molecule has 0 aliphatic heterocycles. The molecule has 2 aromatic rings. The van der Waals surface area contributed by atoms with Gasteiger partial charge in [-0.3, -0.25) is 4.99 Å². The van der Waals surface area contributed by atoms with Crippen molar-refractivity contribution in [2.45, 2.75) is 13.5 Å². The number of nitrogens with one attached hydrogen (secondary N) is 2. The fourth-order valence-corrected chi connectivity index (χ4v) is 2.83. The van der Waals surface area contributed by atoms with Gasteiger partial charge in [-0.15, -0.1) is 0 Å². The van der Waals surface area contributed by atoms with Gasteiger partial charge in [0.2, 0.25) is 10.0 Å². The summed E-state index contributed by atoms with van der Waals surface area (Å²) in [6.07, 6.45) is 0. The van der Waals surface area contributed by atoms with E-state index in [-0.39, 0.29) is 24.8 Å². The first kappa shape index (κ1) is 18.0. The monoisotopic (exact) mass is 346 g/mol. The van der Waals surface area contributed by atoms with Crippen LogP contribution in [0.15, 0.2) is 59.6 Å². The van der Waals surface area contributed by atoms with Gasteiger partial charge < -0.3 is 11.1 Å². The highest BCUT2D eigenvalue weighted by Gasteiger charge is 2.09. The Kier molecular flexibility index (Phi) is 6.34. The van der Waals surface area contributed by atoms with E-state index in [0.717, 1.165) is 16.8 Å². The summed E-state index contributed by atoms with van der Waals surface area (Å²) in [7, 11) is -3.39. The molecule has 128 valence electrons. The molecule has 6 nitrogen and oxygen atoms in total. The topological polar surface area (TPSA) is 96.6 Å². The molecule has 7 heteroatoms. The average Bonchev–Trinajstić information content (AvgIpc) is 2.56. The van der Waals surface area contributed by atoms with Crippen molar-refractivity contribution in [1.29, 1.82) is 0 Å². The van der Waals surface area contributed by atoms with Gasteiger partial charge >= 0.3 is 0 Å². The van der Waals surface area contributed by atoms with Crippen molar-refractivity contribution in [2.24, 2.45) is 10.7 Å². The smallest absolute Gasteiger partial charge is 0.213 e. The van der Waals surface area contributed by atoms with Gasteiger partial charge in [0.05, 0.1) is 12.3 Å². The Morgan fingerprint density at radius 1 is 1.08 bits per heavy atom. The fourth-order valence-electron chi connectivity index (χ4n) is 1.97. The molecule has 0 atom stereocenters. The van der Waals surface area contributed by atoms with E-state index in [4.69, 9.17) is 5.73 Å². The minimum absolute atomic E-state index is 0.0921. The van der Waals surface area contributed by atoms with Crippen LogP contribution < -0.4 is 15.8 Å². The molecule has 2 rings (SSSR count). The van der Waals surface area contributed by atoms with Crippen LogP contribution in [-0.4, -0.2) is 26.7 Å². The molecule has 0 unspecified atom stereocenters. The van der Waals surface area contributed by atoms with Gasteiger partial charge in [0.15, 0.2) is 5.96 Å². The van der Waals surface area contributed by atoms with E-state index in [1.165, 1.54) is 0 Å². The number of guanidine groups is 1. The van der Waals surface area contributed by atoms with Crippen LogP contribution in [0.4, 0.5) is 5.69 Å². The van der Waals surface area contributed by atoms with Crippen LogP contribution in [0, 0.1) is 6.92 Å². The lowest BCUT2D eigenvalue weighted by molar-refractivity contribution is 0.581. The Hall–Kier alpha value is -2.38. The standard InChI is InChI=1S/C17H22N4O2S/c1-14-7-9-16(10-8-14)21-17(18)19-11-12-24(22,23)20-13-15-5-3-2-4-6-15/h2-10,20H,11-13H2,1H3,(H3,18,19,21). The molecule has 2 aromatic carbocycles. The van der Waals surface area contributed by atoms with Crippen molar-refractivity contribution >= 4 is 21.7 Å². The van der Waals surface area contributed by atoms with E-state index in [0.29, 0.717) is 0 Å². The van der Waals surface area contributed by atoms with Crippen LogP contribution in [0.3, 0.4) is 0 Å². The first-order valence-electron chi connectivity index (χ1n) is 7.59. The minimum Gasteiger partial charge on any atom is -0.370 e. The molecule has 0 aliphatic carbocycles. The zero-order valence-corrected chi connectivity index (χ0v) is 14.4. The largest absolute Gasteiger partial charge is 0.370 e. The Morgan fingerprint density at radius 2 is 1.75 bits per heavy atom. The number of rotatable bonds is 7. The number of benzene rings is 2. The summed E-state index contributed by atoms with van der Waals surface area (Å²) in [5.74, 6) is 0.0768. The van der Waals surface area contributed by atoms with Gasteiger partial charge in [0.1, 0.15) is 0 Å². The van der Waals surface area contributed by atoms with Crippen LogP contribution in [0.1, 0.15) is 11.1 Å². The Morgan fingerprint density at radius 3 is 2.42 bits per heavy atom. The number of hydrogen-bond donors (Lipinski definition) is 3. The van der Waals surface area contributed by atoms with Gasteiger partial charge in [0, 0.05) is 12.2 Å². The summed E-state index contributed by atoms with van der Waals surface area (Å²) in [5.41, 5.74) is 8.63. The molecule has 0 heterocycles. The normalized spacial score (nSPS) is 12.1. The van der Waals surface area contributed by atoms with Crippen LogP contribution >= 0.6 is 0 Å². The Balaban J connectivity index is 1.79. The van der Waals surface area contributed by atoms with E-state index in [1.807, 2.05) is 61.5 Å². The van der Waals surface area contributed by atoms with Gasteiger partial charge in [0.25, 0.3) is 0 Å². The zero-order valence-electron chi connectivity index (χ0n) is 13.6. The second-order valence-electron chi connectivity index (χ2n) is 5.38. The maximum absolute atomic E-state index is 11.9. The number of sulfonamides is 1. The number of aryl methyl sites for hydroxylation is 1. The Labute approximate surface area is 142 Å². The van der Waals surface area contributed by atoms with Crippen molar-refractivity contribution < 1.29 is 8.42 Å². The third-order valence-corrected chi connectivity index (χ3v) is 4.61. The maximum Gasteiger partial charge on any atom is 0.213 e. The second kappa shape index (κ2) is 8.47. The van der Waals surface area contributed by atoms with Crippen molar-refractivity contribution in [2.75, 3.05) is 17.6 Å². The van der Waals surface area contributed by atoms with Crippen LogP contribution in [0.25, 0.3) is 0 Å². The molecule has 0 radical (unpaired) electrons. The highest BCUT2D eigenvalue weighted by atomic mass is 32.2. The highest BCUT2D eigenvalue weighted by molar-refractivity contribution is 7.89. The van der Waals surface area contributed by atoms with Gasteiger partial charge in [-0.2, -0.15) is 0 Å². The SMILES string of the molecule is Cc1ccc(NC(N)=NCCS(=O)(=O)NCc2ccccc2)cc1. The van der Waals surface area contributed by atoms with Crippen LogP contribution in [0.2, 0.25) is 0 Å². The molecule has 0 spiro atoms. The first-order chi connectivity index (χ1) is 11.4. The molecule has 0 amide bonds. The molecular weight excluding hydrogens is 324 g/mol. The summed E-state index contributed by atoms with van der Waals surface area (Å²) >= 11 is 0. The molecular formula is C17H22N4O2S. The average molecular weight is 346 g/mol. The number of nitrogens with two attached hydrogens (primary N) is 1. The molecule has 0 fully saturated rings. The lowest BCUT2D eigenvalue weighted by atomic mass is 10.2. The lowest BCUT2D eigenvalue weighted by Gasteiger charge is -2.07. The van der Waals surface area contributed by atoms with Crippen LogP contribution in [-0.2, 0) is 16.6 Å². The minimum atomic E-state index is -3.39. The molecule has 4 N–H and O–H groups in total. The summed E-state index contributed by atoms with van der Waals surface area (Å²) in [5, 5.41) is 2.93. The van der Waals surface area contributed by atoms with E-state index in [1.54, 1.807) is 0 Å². The van der Waals surface area contributed by atoms with Crippen molar-refractivity contribution in [3.8, 4) is 0 Å². The third-order valence-electron chi connectivity index (χ3n) is 3.31. The van der Waals surface area contributed by atoms with Gasteiger partial charge in [-0.1, -0.05) is 48.0 Å². The summed E-state index contributed by atoms with van der Waals surface area (Å²) < 4.78 is 26.4. The van der Waals surface area contributed by atoms with Crippen molar-refractivity contribution in [3.63, 3.8) is 0 Å². The first-order valence-corrected chi connectivity index (χ1v) is 9.25. The predicted octanol–water partition coefficient (Wildman–Crippen LogP) is 1.84. The van der Waals surface area contributed by atoms with E-state index in [9.17, 15) is 8.42 Å². The Bertz CT molecular complexity index is 772. The summed E-state index contributed by atoms with van der Waals surface area (Å²) in [4.78, 5) is 4.05. The van der Waals surface area contributed by atoms with Crippen molar-refractivity contribution in [3.05, 3.63) is 65.7 Å². The predicted molar refractivity (Wildman–Crippen MR) is 98.4 cm³/mol. The molecule has 0 bridgehead atoms. The molecule has 0 saturated carbocycles. The number of hydrogen-bond acceptors (Lipinski definition) is 3. The van der Waals surface area contributed by atoms with Crippen molar-refractivity contribution in [1.82, 2.24) is 4.72 Å². The highest BCUT2D eigenvalue weighted by Crippen LogP contribution is 2.07. The van der Waals surface area contributed by atoms with E-state index >= 15 is 0 Å². The van der Waals surface area contributed by atoms with E-state index in [2.05, 4.69) is 15.0 Å². The fraction of sp³-hybridized carbons (Fsp3) is 0.235. The second-order valence-corrected chi connectivity index (χ2v) is 7.31. The maximum atomic E-state index is 11.9. The molecule has 0 aliphatic rings. The van der Waals surface area contributed by atoms with Gasteiger partial charge in [-0.25, -0.2) is 13.1 Å². The van der Waals surface area contributed by atoms with Crippen LogP contribution in [0.5, 0.6) is 0 Å². The molecule has 24 heavy (non-hydrogen) atoms. The van der Waals surface area contributed by atoms with E-state index < -0.39 is 10.0 Å². The summed E-state index contributed by atoms with van der Waals surface area (Å²) in [6, 6.07) is 17.0.